The van der Waals surface area contributed by atoms with Gasteiger partial charge in [0.25, 0.3) is 11.1 Å². The number of carbonyl (C=O) groups excluding carboxylic acids is 4. The fourth-order valence-electron chi connectivity index (χ4n) is 2.17. The quantitative estimate of drug-likeness (QED) is 0.443. The van der Waals surface area contributed by atoms with Gasteiger partial charge in [-0.25, -0.2) is 0 Å². The number of imide groups is 1. The van der Waals surface area contributed by atoms with Crippen LogP contribution in [0.1, 0.15) is 12.5 Å². The third-order valence-electron chi connectivity index (χ3n) is 3.21. The van der Waals surface area contributed by atoms with Gasteiger partial charge in [0.05, 0.1) is 19.1 Å². The largest absolute Gasteiger partial charge is 0.493 e. The number of rotatable bonds is 6. The Labute approximate surface area is 153 Å². The number of carbonyl (C=O) groups is 4. The zero-order chi connectivity index (χ0) is 19.4. The molecule has 1 aromatic rings. The summed E-state index contributed by atoms with van der Waals surface area (Å²) in [6, 6.07) is 3.03. The third kappa shape index (κ3) is 4.14. The van der Waals surface area contributed by atoms with Gasteiger partial charge < -0.3 is 19.9 Å². The highest BCUT2D eigenvalue weighted by atomic mass is 32.2. The monoisotopic (exact) mass is 380 g/mol. The summed E-state index contributed by atoms with van der Waals surface area (Å²) >= 11 is 0.684. The van der Waals surface area contributed by atoms with Crippen molar-refractivity contribution in [3.05, 3.63) is 22.6 Å². The van der Waals surface area contributed by atoms with E-state index in [0.29, 0.717) is 17.3 Å². The van der Waals surface area contributed by atoms with Crippen molar-refractivity contribution >= 4 is 40.9 Å². The molecule has 10 heteroatoms. The van der Waals surface area contributed by atoms with Gasteiger partial charge in [-0.15, -0.1) is 0 Å². The maximum atomic E-state index is 12.3. The number of hydrogen-bond donors (Lipinski definition) is 1. The highest BCUT2D eigenvalue weighted by Crippen LogP contribution is 2.40. The number of thioether (sulfide) groups is 1. The zero-order valence-corrected chi connectivity index (χ0v) is 15.0. The predicted molar refractivity (Wildman–Crippen MR) is 92.7 cm³/mol. The first-order chi connectivity index (χ1) is 12.3. The van der Waals surface area contributed by atoms with E-state index in [-0.39, 0.29) is 22.2 Å². The van der Waals surface area contributed by atoms with Crippen molar-refractivity contribution in [2.75, 3.05) is 20.8 Å². The molecule has 1 aliphatic rings. The molecular weight excluding hydrogens is 364 g/mol. The van der Waals surface area contributed by atoms with Gasteiger partial charge in [-0.05, 0) is 35.5 Å². The molecule has 1 aromatic carbocycles. The normalized spacial score (nSPS) is 15.3. The summed E-state index contributed by atoms with van der Waals surface area (Å²) in [6.45, 7) is 0.752. The Morgan fingerprint density at radius 3 is 2.23 bits per heavy atom. The second-order valence-corrected chi connectivity index (χ2v) is 6.08. The van der Waals surface area contributed by atoms with E-state index in [2.05, 4.69) is 0 Å². The zero-order valence-electron chi connectivity index (χ0n) is 14.2. The maximum Gasteiger partial charge on any atom is 0.308 e. The Hall–Kier alpha value is -3.01. The summed E-state index contributed by atoms with van der Waals surface area (Å²) in [5.41, 5.74) is 5.51. The number of primary amides is 1. The van der Waals surface area contributed by atoms with Crippen LogP contribution >= 0.6 is 11.8 Å². The number of hydrogen-bond acceptors (Lipinski definition) is 8. The summed E-state index contributed by atoms with van der Waals surface area (Å²) in [5, 5.41) is -0.587. The summed E-state index contributed by atoms with van der Waals surface area (Å²) in [7, 11) is 2.76. The summed E-state index contributed by atoms with van der Waals surface area (Å²) in [4.78, 5) is 47.2. The first kappa shape index (κ1) is 19.3. The van der Waals surface area contributed by atoms with E-state index in [9.17, 15) is 19.2 Å². The number of benzene rings is 1. The molecule has 1 heterocycles. The number of ether oxygens (including phenoxy) is 3. The lowest BCUT2D eigenvalue weighted by atomic mass is 10.1. The average molecular weight is 380 g/mol. The molecule has 26 heavy (non-hydrogen) atoms. The molecule has 2 rings (SSSR count). The molecular formula is C16H16N2O7S. The van der Waals surface area contributed by atoms with Crippen molar-refractivity contribution in [1.82, 2.24) is 4.90 Å². The smallest absolute Gasteiger partial charge is 0.308 e. The van der Waals surface area contributed by atoms with E-state index in [1.807, 2.05) is 0 Å². The minimum atomic E-state index is -0.789. The van der Waals surface area contributed by atoms with E-state index in [4.69, 9.17) is 19.9 Å². The van der Waals surface area contributed by atoms with Crippen LogP contribution in [0, 0.1) is 0 Å². The molecule has 1 fully saturated rings. The van der Waals surface area contributed by atoms with Gasteiger partial charge in [0.1, 0.15) is 6.54 Å². The minimum absolute atomic E-state index is 0.0986. The molecule has 0 atom stereocenters. The Balaban J connectivity index is 2.41. The van der Waals surface area contributed by atoms with Crippen LogP contribution in [-0.4, -0.2) is 48.7 Å². The van der Waals surface area contributed by atoms with E-state index >= 15 is 0 Å². The van der Waals surface area contributed by atoms with Gasteiger partial charge in [-0.2, -0.15) is 0 Å². The van der Waals surface area contributed by atoms with Gasteiger partial charge in [-0.3, -0.25) is 24.1 Å². The minimum Gasteiger partial charge on any atom is -0.493 e. The number of esters is 1. The maximum absolute atomic E-state index is 12.3. The van der Waals surface area contributed by atoms with Crippen LogP contribution in [0.4, 0.5) is 4.79 Å². The van der Waals surface area contributed by atoms with Crippen LogP contribution in [0.2, 0.25) is 0 Å². The Morgan fingerprint density at radius 1 is 1.19 bits per heavy atom. The summed E-state index contributed by atoms with van der Waals surface area (Å²) in [6.07, 6.45) is 1.44. The molecule has 0 saturated carbocycles. The molecule has 0 aromatic heterocycles. The lowest BCUT2D eigenvalue weighted by Crippen LogP contribution is -2.36. The van der Waals surface area contributed by atoms with Crippen LogP contribution in [0.3, 0.4) is 0 Å². The first-order valence-electron chi connectivity index (χ1n) is 7.25. The molecule has 1 saturated heterocycles. The molecule has 0 aliphatic carbocycles. The molecule has 3 amide bonds. The van der Waals surface area contributed by atoms with Crippen molar-refractivity contribution in [2.45, 2.75) is 6.92 Å². The van der Waals surface area contributed by atoms with E-state index in [1.165, 1.54) is 39.4 Å². The molecule has 0 spiro atoms. The Bertz CT molecular complexity index is 794. The number of amides is 3. The number of methoxy groups -OCH3 is 2. The van der Waals surface area contributed by atoms with Crippen LogP contribution < -0.4 is 19.9 Å². The van der Waals surface area contributed by atoms with Crippen molar-refractivity contribution in [3.8, 4) is 17.2 Å². The van der Waals surface area contributed by atoms with Crippen molar-refractivity contribution in [1.29, 1.82) is 0 Å². The second kappa shape index (κ2) is 7.91. The molecule has 2 N–H and O–H groups in total. The van der Waals surface area contributed by atoms with Gasteiger partial charge in [-0.1, -0.05) is 0 Å². The molecule has 9 nitrogen and oxygen atoms in total. The average Bonchev–Trinajstić information content (AvgIpc) is 2.82. The van der Waals surface area contributed by atoms with Crippen LogP contribution in [0.25, 0.3) is 6.08 Å². The predicted octanol–water partition coefficient (Wildman–Crippen LogP) is 1.15. The lowest BCUT2D eigenvalue weighted by molar-refractivity contribution is -0.132. The molecule has 138 valence electrons. The fourth-order valence-corrected chi connectivity index (χ4v) is 3.01. The third-order valence-corrected chi connectivity index (χ3v) is 4.12. The second-order valence-electron chi connectivity index (χ2n) is 5.08. The molecule has 1 aliphatic heterocycles. The Kier molecular flexibility index (Phi) is 5.88. The van der Waals surface area contributed by atoms with Gasteiger partial charge in [0, 0.05) is 6.92 Å². The standard InChI is InChI=1S/C16H16N2O7S/c1-8(19)25-14-10(23-2)4-9(5-11(14)24-3)6-12-15(21)18(7-13(17)20)16(22)26-12/h4-6H,7H2,1-3H3,(H2,17,20)/b12-6-. The lowest BCUT2D eigenvalue weighted by Gasteiger charge is -2.13. The van der Waals surface area contributed by atoms with Gasteiger partial charge in [0.15, 0.2) is 11.5 Å². The van der Waals surface area contributed by atoms with Crippen LogP contribution in [-0.2, 0) is 14.4 Å². The number of nitrogens with zero attached hydrogens (tertiary/aromatic N) is 1. The van der Waals surface area contributed by atoms with Gasteiger partial charge >= 0.3 is 5.97 Å². The SMILES string of the molecule is COc1cc(/C=C2\SC(=O)N(CC(N)=O)C2=O)cc(OC)c1OC(C)=O. The van der Waals surface area contributed by atoms with Gasteiger partial charge in [0.2, 0.25) is 11.7 Å². The van der Waals surface area contributed by atoms with Crippen molar-refractivity contribution < 1.29 is 33.4 Å². The molecule has 0 radical (unpaired) electrons. The fraction of sp³-hybridized carbons (Fsp3) is 0.250. The highest BCUT2D eigenvalue weighted by molar-refractivity contribution is 8.18. The first-order valence-corrected chi connectivity index (χ1v) is 8.06. The highest BCUT2D eigenvalue weighted by Gasteiger charge is 2.36. The summed E-state index contributed by atoms with van der Waals surface area (Å²) < 4.78 is 15.5. The van der Waals surface area contributed by atoms with E-state index in [1.54, 1.807) is 0 Å². The number of nitrogens with two attached hydrogens (primary N) is 1. The topological polar surface area (TPSA) is 125 Å². The molecule has 0 bridgehead atoms. The van der Waals surface area contributed by atoms with Crippen molar-refractivity contribution in [2.24, 2.45) is 5.73 Å². The van der Waals surface area contributed by atoms with Crippen LogP contribution in [0.15, 0.2) is 17.0 Å². The summed E-state index contributed by atoms with van der Waals surface area (Å²) in [5.74, 6) is -1.45. The van der Waals surface area contributed by atoms with E-state index < -0.39 is 29.6 Å². The molecule has 0 unspecified atom stereocenters. The van der Waals surface area contributed by atoms with Crippen molar-refractivity contribution in [3.63, 3.8) is 0 Å². The Morgan fingerprint density at radius 2 is 1.77 bits per heavy atom. The van der Waals surface area contributed by atoms with E-state index in [0.717, 1.165) is 4.90 Å². The van der Waals surface area contributed by atoms with Crippen LogP contribution in [0.5, 0.6) is 17.2 Å².